The summed E-state index contributed by atoms with van der Waals surface area (Å²) in [7, 11) is 0. The van der Waals surface area contributed by atoms with E-state index in [1.807, 2.05) is 5.43 Å². The standard InChI is InChI=1S/C7H9N3O2/c1-4-6(11)2-5(3-9-4)7(12)10-8/h2-3,11H,8H2,1H3,(H,10,12). The number of aryl methyl sites for hydroxylation is 1. The Balaban J connectivity index is 3.05. The van der Waals surface area contributed by atoms with Gasteiger partial charge in [0.2, 0.25) is 0 Å². The van der Waals surface area contributed by atoms with Gasteiger partial charge in [-0.25, -0.2) is 5.84 Å². The van der Waals surface area contributed by atoms with Crippen molar-refractivity contribution in [3.63, 3.8) is 0 Å². The minimum absolute atomic E-state index is 0.0175. The van der Waals surface area contributed by atoms with Crippen molar-refractivity contribution in [1.29, 1.82) is 0 Å². The van der Waals surface area contributed by atoms with Crippen molar-refractivity contribution in [3.05, 3.63) is 23.5 Å². The first-order valence-corrected chi connectivity index (χ1v) is 3.31. The van der Waals surface area contributed by atoms with Crippen LogP contribution in [0.2, 0.25) is 0 Å². The molecular formula is C7H9N3O2. The molecule has 0 atom stereocenters. The molecule has 0 fully saturated rings. The van der Waals surface area contributed by atoms with Crippen LogP contribution in [0.3, 0.4) is 0 Å². The predicted octanol–water partition coefficient (Wildman–Crippen LogP) is -0.301. The molecule has 4 N–H and O–H groups in total. The predicted molar refractivity (Wildman–Crippen MR) is 42.3 cm³/mol. The molecule has 0 unspecified atom stereocenters. The molecule has 0 radical (unpaired) electrons. The number of rotatable bonds is 1. The zero-order chi connectivity index (χ0) is 9.14. The molecule has 0 aliphatic rings. The second kappa shape index (κ2) is 3.19. The van der Waals surface area contributed by atoms with Gasteiger partial charge in [-0.15, -0.1) is 0 Å². The molecule has 0 bridgehead atoms. The Morgan fingerprint density at radius 3 is 2.92 bits per heavy atom. The number of nitrogens with one attached hydrogen (secondary N) is 1. The molecule has 0 aliphatic carbocycles. The molecule has 0 saturated carbocycles. The number of nitrogens with two attached hydrogens (primary N) is 1. The van der Waals surface area contributed by atoms with E-state index in [1.165, 1.54) is 12.3 Å². The molecule has 1 rings (SSSR count). The maximum atomic E-state index is 10.9. The first-order valence-electron chi connectivity index (χ1n) is 3.31. The van der Waals surface area contributed by atoms with E-state index in [1.54, 1.807) is 6.92 Å². The van der Waals surface area contributed by atoms with Gasteiger partial charge in [-0.05, 0) is 13.0 Å². The third-order valence-corrected chi connectivity index (χ3v) is 1.45. The minimum atomic E-state index is -0.474. The van der Waals surface area contributed by atoms with Gasteiger partial charge in [0.1, 0.15) is 5.75 Å². The highest BCUT2D eigenvalue weighted by Crippen LogP contribution is 2.13. The van der Waals surface area contributed by atoms with Crippen LogP contribution in [0.15, 0.2) is 12.3 Å². The first kappa shape index (κ1) is 8.48. The summed E-state index contributed by atoms with van der Waals surface area (Å²) in [4.78, 5) is 14.7. The number of hydrogen-bond acceptors (Lipinski definition) is 4. The van der Waals surface area contributed by atoms with Gasteiger partial charge in [0.05, 0.1) is 11.3 Å². The van der Waals surface area contributed by atoms with E-state index in [0.29, 0.717) is 5.69 Å². The highest BCUT2D eigenvalue weighted by atomic mass is 16.3. The molecule has 64 valence electrons. The normalized spacial score (nSPS) is 9.50. The lowest BCUT2D eigenvalue weighted by Crippen LogP contribution is -2.30. The van der Waals surface area contributed by atoms with Crippen molar-refractivity contribution in [3.8, 4) is 5.75 Å². The topological polar surface area (TPSA) is 88.2 Å². The van der Waals surface area contributed by atoms with Gasteiger partial charge in [0.15, 0.2) is 0 Å². The van der Waals surface area contributed by atoms with Crippen molar-refractivity contribution in [1.82, 2.24) is 10.4 Å². The molecule has 0 saturated heterocycles. The Morgan fingerprint density at radius 2 is 2.42 bits per heavy atom. The third-order valence-electron chi connectivity index (χ3n) is 1.45. The quantitative estimate of drug-likeness (QED) is 0.304. The van der Waals surface area contributed by atoms with E-state index < -0.39 is 5.91 Å². The Hall–Kier alpha value is -1.62. The van der Waals surface area contributed by atoms with Crippen LogP contribution >= 0.6 is 0 Å². The second-order valence-corrected chi connectivity index (χ2v) is 2.30. The summed E-state index contributed by atoms with van der Waals surface area (Å²) < 4.78 is 0. The number of pyridine rings is 1. The number of nitrogens with zero attached hydrogens (tertiary/aromatic N) is 1. The molecule has 0 spiro atoms. The van der Waals surface area contributed by atoms with Crippen LogP contribution in [0.1, 0.15) is 16.1 Å². The molecule has 1 aromatic heterocycles. The maximum absolute atomic E-state index is 10.9. The average molecular weight is 167 g/mol. The van der Waals surface area contributed by atoms with Crippen molar-refractivity contribution in [2.45, 2.75) is 6.92 Å². The molecule has 0 aliphatic heterocycles. The van der Waals surface area contributed by atoms with Crippen LogP contribution < -0.4 is 11.3 Å². The largest absolute Gasteiger partial charge is 0.506 e. The van der Waals surface area contributed by atoms with Crippen molar-refractivity contribution in [2.24, 2.45) is 5.84 Å². The summed E-state index contributed by atoms with van der Waals surface area (Å²) in [5, 5.41) is 9.16. The average Bonchev–Trinajstić information content (AvgIpc) is 2.08. The lowest BCUT2D eigenvalue weighted by Gasteiger charge is -2.00. The number of carbonyl (C=O) groups excluding carboxylic acids is 1. The highest BCUT2D eigenvalue weighted by Gasteiger charge is 2.05. The van der Waals surface area contributed by atoms with Crippen LogP contribution in [0.25, 0.3) is 0 Å². The van der Waals surface area contributed by atoms with Crippen molar-refractivity contribution < 1.29 is 9.90 Å². The van der Waals surface area contributed by atoms with E-state index in [9.17, 15) is 4.79 Å². The fourth-order valence-electron chi connectivity index (χ4n) is 0.729. The lowest BCUT2D eigenvalue weighted by atomic mass is 10.2. The van der Waals surface area contributed by atoms with E-state index in [0.717, 1.165) is 0 Å². The molecule has 1 amide bonds. The van der Waals surface area contributed by atoms with Gasteiger partial charge in [0.25, 0.3) is 5.91 Å². The van der Waals surface area contributed by atoms with Gasteiger partial charge >= 0.3 is 0 Å². The second-order valence-electron chi connectivity index (χ2n) is 2.30. The molecule has 12 heavy (non-hydrogen) atoms. The van der Waals surface area contributed by atoms with E-state index in [-0.39, 0.29) is 11.3 Å². The van der Waals surface area contributed by atoms with Crippen molar-refractivity contribution in [2.75, 3.05) is 0 Å². The van der Waals surface area contributed by atoms with E-state index in [2.05, 4.69) is 4.98 Å². The molecule has 0 aromatic carbocycles. The number of hydrazine groups is 1. The number of aromatic nitrogens is 1. The Labute approximate surface area is 69.2 Å². The summed E-state index contributed by atoms with van der Waals surface area (Å²) in [6, 6.07) is 1.31. The van der Waals surface area contributed by atoms with Crippen LogP contribution in [0.5, 0.6) is 5.75 Å². The SMILES string of the molecule is Cc1ncc(C(=O)NN)cc1O. The Morgan fingerprint density at radius 1 is 1.75 bits per heavy atom. The zero-order valence-corrected chi connectivity index (χ0v) is 6.53. The van der Waals surface area contributed by atoms with E-state index in [4.69, 9.17) is 10.9 Å². The monoisotopic (exact) mass is 167 g/mol. The summed E-state index contributed by atoms with van der Waals surface area (Å²) in [5.74, 6) is 4.39. The van der Waals surface area contributed by atoms with E-state index >= 15 is 0 Å². The highest BCUT2D eigenvalue weighted by molar-refractivity contribution is 5.93. The maximum Gasteiger partial charge on any atom is 0.266 e. The summed E-state index contributed by atoms with van der Waals surface area (Å²) >= 11 is 0. The molecule has 1 heterocycles. The smallest absolute Gasteiger partial charge is 0.266 e. The third kappa shape index (κ3) is 1.51. The summed E-state index contributed by atoms with van der Waals surface area (Å²) in [5.41, 5.74) is 2.65. The fourth-order valence-corrected chi connectivity index (χ4v) is 0.729. The number of hydrogen-bond donors (Lipinski definition) is 3. The molecule has 1 aromatic rings. The first-order chi connectivity index (χ1) is 5.65. The fraction of sp³-hybridized carbons (Fsp3) is 0.143. The Kier molecular flexibility index (Phi) is 2.25. The number of amides is 1. The molecular weight excluding hydrogens is 158 g/mol. The summed E-state index contributed by atoms with van der Waals surface area (Å²) in [6.45, 7) is 1.64. The molecule has 5 nitrogen and oxygen atoms in total. The number of aromatic hydroxyl groups is 1. The number of carbonyl (C=O) groups is 1. The van der Waals surface area contributed by atoms with Crippen LogP contribution in [-0.4, -0.2) is 16.0 Å². The van der Waals surface area contributed by atoms with Gasteiger partial charge in [-0.1, -0.05) is 0 Å². The van der Waals surface area contributed by atoms with Crippen LogP contribution in [-0.2, 0) is 0 Å². The zero-order valence-electron chi connectivity index (χ0n) is 6.53. The van der Waals surface area contributed by atoms with Gasteiger partial charge in [-0.3, -0.25) is 15.2 Å². The van der Waals surface area contributed by atoms with Crippen molar-refractivity contribution >= 4 is 5.91 Å². The van der Waals surface area contributed by atoms with Gasteiger partial charge < -0.3 is 5.11 Å². The number of nitrogen functional groups attached to an aromatic ring is 1. The lowest BCUT2D eigenvalue weighted by molar-refractivity contribution is 0.0953. The Bertz CT molecular complexity index is 312. The van der Waals surface area contributed by atoms with Crippen LogP contribution in [0.4, 0.5) is 0 Å². The molecule has 5 heteroatoms. The van der Waals surface area contributed by atoms with Gasteiger partial charge in [0, 0.05) is 6.20 Å². The van der Waals surface area contributed by atoms with Gasteiger partial charge in [-0.2, -0.15) is 0 Å². The van der Waals surface area contributed by atoms with Crippen LogP contribution in [0, 0.1) is 6.92 Å². The summed E-state index contributed by atoms with van der Waals surface area (Å²) in [6.07, 6.45) is 1.34. The minimum Gasteiger partial charge on any atom is -0.506 e.